The Morgan fingerprint density at radius 2 is 1.90 bits per heavy atom. The number of rotatable bonds is 4. The first-order chi connectivity index (χ1) is 9.83. The van der Waals surface area contributed by atoms with E-state index in [1.807, 2.05) is 0 Å². The van der Waals surface area contributed by atoms with Gasteiger partial charge in [-0.15, -0.1) is 0 Å². The second-order valence-electron chi connectivity index (χ2n) is 5.58. The number of hydrogen-bond acceptors (Lipinski definition) is 2. The maximum absolute atomic E-state index is 5.86. The Morgan fingerprint density at radius 3 is 2.60 bits per heavy atom. The van der Waals surface area contributed by atoms with Crippen LogP contribution in [0.25, 0.3) is 0 Å². The Labute approximate surface area is 121 Å². The van der Waals surface area contributed by atoms with E-state index in [0.717, 1.165) is 12.8 Å². The molecule has 0 saturated heterocycles. The third-order valence-corrected chi connectivity index (χ3v) is 4.51. The molecule has 1 aliphatic rings. The van der Waals surface area contributed by atoms with Crippen LogP contribution in [0.5, 0.6) is 0 Å². The molecule has 104 valence electrons. The van der Waals surface area contributed by atoms with Crippen LogP contribution in [0.1, 0.15) is 47.6 Å². The molecule has 2 nitrogen and oxygen atoms in total. The fraction of sp³-hybridized carbons (Fsp3) is 0.333. The standard InChI is InChI=1S/C18H22N2/c1-2-13-7-9-15(10-8-13)18(20-19)17-12-11-14-5-3-4-6-16(14)17/h3-10,17-18,20H,2,11-12,19H2,1H3. The zero-order chi connectivity index (χ0) is 13.9. The van der Waals surface area contributed by atoms with Crippen LogP contribution in [0.2, 0.25) is 0 Å². The molecule has 0 aromatic heterocycles. The van der Waals surface area contributed by atoms with Crippen LogP contribution in [-0.2, 0) is 12.8 Å². The molecular formula is C18H22N2. The monoisotopic (exact) mass is 266 g/mol. The lowest BCUT2D eigenvalue weighted by Gasteiger charge is -2.24. The van der Waals surface area contributed by atoms with Crippen LogP contribution in [-0.4, -0.2) is 0 Å². The Hall–Kier alpha value is -1.64. The van der Waals surface area contributed by atoms with Gasteiger partial charge in [0.1, 0.15) is 0 Å². The lowest BCUT2D eigenvalue weighted by molar-refractivity contribution is 0.453. The Morgan fingerprint density at radius 1 is 1.15 bits per heavy atom. The molecule has 3 rings (SSSR count). The molecule has 0 saturated carbocycles. The average Bonchev–Trinajstić information content (AvgIpc) is 2.93. The molecule has 2 heteroatoms. The van der Waals surface area contributed by atoms with Gasteiger partial charge in [-0.25, -0.2) is 0 Å². The first kappa shape index (κ1) is 13.3. The number of nitrogens with two attached hydrogens (primary N) is 1. The highest BCUT2D eigenvalue weighted by molar-refractivity contribution is 5.38. The van der Waals surface area contributed by atoms with Gasteiger partial charge in [-0.1, -0.05) is 55.5 Å². The zero-order valence-electron chi connectivity index (χ0n) is 12.0. The Bertz CT molecular complexity index is 574. The molecule has 0 amide bonds. The second-order valence-corrected chi connectivity index (χ2v) is 5.58. The molecule has 0 aliphatic heterocycles. The maximum Gasteiger partial charge on any atom is 0.0528 e. The topological polar surface area (TPSA) is 38.0 Å². The summed E-state index contributed by atoms with van der Waals surface area (Å²) in [5, 5.41) is 0. The summed E-state index contributed by atoms with van der Waals surface area (Å²) in [7, 11) is 0. The molecule has 0 fully saturated rings. The van der Waals surface area contributed by atoms with Crippen molar-refractivity contribution in [1.82, 2.24) is 5.43 Å². The van der Waals surface area contributed by atoms with Gasteiger partial charge in [-0.05, 0) is 41.5 Å². The third kappa shape index (κ3) is 2.37. The molecule has 0 bridgehead atoms. The number of aryl methyl sites for hydroxylation is 2. The SMILES string of the molecule is CCc1ccc(C(NN)C2CCc3ccccc32)cc1. The van der Waals surface area contributed by atoms with Crippen LogP contribution >= 0.6 is 0 Å². The number of benzene rings is 2. The maximum atomic E-state index is 5.86. The largest absolute Gasteiger partial charge is 0.271 e. The van der Waals surface area contributed by atoms with Crippen molar-refractivity contribution in [2.24, 2.45) is 5.84 Å². The summed E-state index contributed by atoms with van der Waals surface area (Å²) in [5.41, 5.74) is 8.62. The quantitative estimate of drug-likeness (QED) is 0.657. The molecule has 2 atom stereocenters. The molecule has 0 heterocycles. The molecule has 2 aromatic rings. The highest BCUT2D eigenvalue weighted by atomic mass is 15.2. The summed E-state index contributed by atoms with van der Waals surface area (Å²) in [6, 6.07) is 17.8. The van der Waals surface area contributed by atoms with Crippen LogP contribution in [0, 0.1) is 0 Å². The molecule has 1 aliphatic carbocycles. The molecule has 3 N–H and O–H groups in total. The summed E-state index contributed by atoms with van der Waals surface area (Å²) in [6.45, 7) is 2.18. The van der Waals surface area contributed by atoms with E-state index in [1.165, 1.54) is 28.7 Å². The lowest BCUT2D eigenvalue weighted by Crippen LogP contribution is -2.32. The van der Waals surface area contributed by atoms with E-state index in [9.17, 15) is 0 Å². The van der Waals surface area contributed by atoms with Crippen molar-refractivity contribution in [3.8, 4) is 0 Å². The third-order valence-electron chi connectivity index (χ3n) is 4.51. The predicted octanol–water partition coefficient (Wildman–Crippen LogP) is 3.48. The first-order valence-corrected chi connectivity index (χ1v) is 7.46. The van der Waals surface area contributed by atoms with E-state index in [0.29, 0.717) is 5.92 Å². The van der Waals surface area contributed by atoms with Crippen LogP contribution in [0.4, 0.5) is 0 Å². The van der Waals surface area contributed by atoms with Crippen molar-refractivity contribution in [2.45, 2.75) is 38.1 Å². The van der Waals surface area contributed by atoms with Crippen molar-refractivity contribution in [1.29, 1.82) is 0 Å². The van der Waals surface area contributed by atoms with E-state index in [4.69, 9.17) is 5.84 Å². The molecule has 20 heavy (non-hydrogen) atoms. The van der Waals surface area contributed by atoms with E-state index in [-0.39, 0.29) is 6.04 Å². The number of fused-ring (bicyclic) bond motifs is 1. The predicted molar refractivity (Wildman–Crippen MR) is 83.4 cm³/mol. The van der Waals surface area contributed by atoms with Crippen LogP contribution in [0.3, 0.4) is 0 Å². The molecule has 2 unspecified atom stereocenters. The summed E-state index contributed by atoms with van der Waals surface area (Å²) >= 11 is 0. The fourth-order valence-corrected chi connectivity index (χ4v) is 3.34. The normalized spacial score (nSPS) is 18.8. The lowest BCUT2D eigenvalue weighted by atomic mass is 9.88. The van der Waals surface area contributed by atoms with Gasteiger partial charge in [0.2, 0.25) is 0 Å². The molecular weight excluding hydrogens is 244 g/mol. The molecule has 0 spiro atoms. The fourth-order valence-electron chi connectivity index (χ4n) is 3.34. The minimum Gasteiger partial charge on any atom is -0.271 e. The van der Waals surface area contributed by atoms with Gasteiger partial charge >= 0.3 is 0 Å². The number of hydrazine groups is 1. The molecule has 0 radical (unpaired) electrons. The Balaban J connectivity index is 1.90. The smallest absolute Gasteiger partial charge is 0.0528 e. The van der Waals surface area contributed by atoms with Crippen molar-refractivity contribution in [3.05, 3.63) is 70.8 Å². The van der Waals surface area contributed by atoms with E-state index >= 15 is 0 Å². The Kier molecular flexibility index (Phi) is 3.86. The summed E-state index contributed by atoms with van der Waals surface area (Å²) in [5.74, 6) is 6.34. The van der Waals surface area contributed by atoms with E-state index in [2.05, 4.69) is 60.9 Å². The highest BCUT2D eigenvalue weighted by Gasteiger charge is 2.29. The van der Waals surface area contributed by atoms with E-state index in [1.54, 1.807) is 0 Å². The van der Waals surface area contributed by atoms with Gasteiger partial charge < -0.3 is 0 Å². The zero-order valence-corrected chi connectivity index (χ0v) is 12.0. The van der Waals surface area contributed by atoms with Gasteiger partial charge in [0.05, 0.1) is 6.04 Å². The summed E-state index contributed by atoms with van der Waals surface area (Å²) in [6.07, 6.45) is 3.41. The second kappa shape index (κ2) is 5.78. The minimum atomic E-state index is 0.199. The van der Waals surface area contributed by atoms with Crippen LogP contribution < -0.4 is 11.3 Å². The van der Waals surface area contributed by atoms with Gasteiger partial charge in [-0.3, -0.25) is 11.3 Å². The van der Waals surface area contributed by atoms with Crippen molar-refractivity contribution < 1.29 is 0 Å². The minimum absolute atomic E-state index is 0.199. The van der Waals surface area contributed by atoms with E-state index < -0.39 is 0 Å². The summed E-state index contributed by atoms with van der Waals surface area (Å²) < 4.78 is 0. The average molecular weight is 266 g/mol. The molecule has 2 aromatic carbocycles. The van der Waals surface area contributed by atoms with Gasteiger partial charge in [0.25, 0.3) is 0 Å². The van der Waals surface area contributed by atoms with Crippen LogP contribution in [0.15, 0.2) is 48.5 Å². The number of hydrogen-bond donors (Lipinski definition) is 2. The van der Waals surface area contributed by atoms with Crippen molar-refractivity contribution in [3.63, 3.8) is 0 Å². The van der Waals surface area contributed by atoms with Gasteiger partial charge in [0.15, 0.2) is 0 Å². The highest BCUT2D eigenvalue weighted by Crippen LogP contribution is 2.41. The number of nitrogens with one attached hydrogen (secondary N) is 1. The van der Waals surface area contributed by atoms with Gasteiger partial charge in [0, 0.05) is 5.92 Å². The summed E-state index contributed by atoms with van der Waals surface area (Å²) in [4.78, 5) is 0. The van der Waals surface area contributed by atoms with Crippen molar-refractivity contribution in [2.75, 3.05) is 0 Å². The first-order valence-electron chi connectivity index (χ1n) is 7.46. The van der Waals surface area contributed by atoms with Crippen molar-refractivity contribution >= 4 is 0 Å². The van der Waals surface area contributed by atoms with Gasteiger partial charge in [-0.2, -0.15) is 0 Å².